The van der Waals surface area contributed by atoms with E-state index in [0.717, 1.165) is 0 Å². The Labute approximate surface area is 75.8 Å². The second-order valence-electron chi connectivity index (χ2n) is 2.84. The molecule has 0 saturated heterocycles. The molecule has 0 aromatic heterocycles. The second-order valence-corrected chi connectivity index (χ2v) is 4.35. The van der Waals surface area contributed by atoms with Gasteiger partial charge in [-0.3, -0.25) is 4.79 Å². The minimum atomic E-state index is -0.361. The fraction of sp³-hybridized carbons (Fsp3) is 0.625. The Kier molecular flexibility index (Phi) is 2.80. The molecule has 12 heavy (non-hydrogen) atoms. The van der Waals surface area contributed by atoms with E-state index in [9.17, 15) is 4.79 Å². The standard InChI is InChI=1S/C8H12O3S/c1-8(3-4-9)6(11-2)5-7(10)12-8/h5,9H,3-4H2,1-2H3. The monoisotopic (exact) mass is 188 g/mol. The van der Waals surface area contributed by atoms with Crippen LogP contribution in [0.2, 0.25) is 0 Å². The Bertz CT molecular complexity index is 224. The van der Waals surface area contributed by atoms with Gasteiger partial charge in [-0.2, -0.15) is 0 Å². The van der Waals surface area contributed by atoms with Crippen LogP contribution in [-0.2, 0) is 9.53 Å². The number of ether oxygens (including phenoxy) is 1. The van der Waals surface area contributed by atoms with Crippen molar-refractivity contribution >= 4 is 16.9 Å². The van der Waals surface area contributed by atoms with Crippen LogP contribution in [0.3, 0.4) is 0 Å². The van der Waals surface area contributed by atoms with Gasteiger partial charge in [0.25, 0.3) is 0 Å². The van der Waals surface area contributed by atoms with Gasteiger partial charge in [-0.15, -0.1) is 0 Å². The highest BCUT2D eigenvalue weighted by molar-refractivity contribution is 8.15. The highest BCUT2D eigenvalue weighted by atomic mass is 32.2. The number of rotatable bonds is 3. The summed E-state index contributed by atoms with van der Waals surface area (Å²) < 4.78 is 4.70. The number of methoxy groups -OCH3 is 1. The number of aliphatic hydroxyl groups excluding tert-OH is 1. The number of hydrogen-bond donors (Lipinski definition) is 1. The Morgan fingerprint density at radius 1 is 1.75 bits per heavy atom. The lowest BCUT2D eigenvalue weighted by molar-refractivity contribution is -0.107. The molecule has 0 bridgehead atoms. The molecule has 0 aromatic rings. The van der Waals surface area contributed by atoms with Gasteiger partial charge in [0.05, 0.1) is 11.9 Å². The molecule has 1 atom stereocenters. The summed E-state index contributed by atoms with van der Waals surface area (Å²) in [6.07, 6.45) is 2.03. The molecule has 1 aliphatic heterocycles. The van der Waals surface area contributed by atoms with Gasteiger partial charge >= 0.3 is 0 Å². The van der Waals surface area contributed by atoms with E-state index in [1.807, 2.05) is 6.92 Å². The van der Waals surface area contributed by atoms with Crippen LogP contribution in [0.15, 0.2) is 11.8 Å². The third-order valence-electron chi connectivity index (χ3n) is 1.90. The van der Waals surface area contributed by atoms with Crippen LogP contribution in [0, 0.1) is 0 Å². The van der Waals surface area contributed by atoms with E-state index in [0.29, 0.717) is 12.2 Å². The molecular formula is C8H12O3S. The molecule has 0 spiro atoms. The number of hydrogen-bond acceptors (Lipinski definition) is 4. The number of carbonyl (C=O) groups is 1. The molecule has 0 amide bonds. The van der Waals surface area contributed by atoms with Gasteiger partial charge in [0.2, 0.25) is 5.12 Å². The minimum Gasteiger partial charge on any atom is -0.499 e. The smallest absolute Gasteiger partial charge is 0.216 e. The molecule has 68 valence electrons. The molecule has 3 nitrogen and oxygen atoms in total. The maximum Gasteiger partial charge on any atom is 0.216 e. The zero-order valence-corrected chi connectivity index (χ0v) is 7.98. The molecule has 4 heteroatoms. The van der Waals surface area contributed by atoms with Crippen molar-refractivity contribution in [1.29, 1.82) is 0 Å². The van der Waals surface area contributed by atoms with Crippen LogP contribution in [0.4, 0.5) is 0 Å². The molecule has 0 fully saturated rings. The van der Waals surface area contributed by atoms with Crippen LogP contribution in [-0.4, -0.2) is 28.7 Å². The van der Waals surface area contributed by atoms with Gasteiger partial charge in [-0.25, -0.2) is 0 Å². The number of carbonyl (C=O) groups excluding carboxylic acids is 1. The largest absolute Gasteiger partial charge is 0.499 e. The lowest BCUT2D eigenvalue weighted by Gasteiger charge is -2.23. The summed E-state index contributed by atoms with van der Waals surface area (Å²) in [5, 5.41) is 8.79. The number of thioether (sulfide) groups is 1. The predicted molar refractivity (Wildman–Crippen MR) is 47.8 cm³/mol. The summed E-state index contributed by atoms with van der Waals surface area (Å²) in [5.74, 6) is 0.659. The summed E-state index contributed by atoms with van der Waals surface area (Å²) in [5.41, 5.74) is 0. The van der Waals surface area contributed by atoms with Gasteiger partial charge in [-0.05, 0) is 13.3 Å². The van der Waals surface area contributed by atoms with E-state index in [1.165, 1.54) is 17.8 Å². The third-order valence-corrected chi connectivity index (χ3v) is 3.08. The van der Waals surface area contributed by atoms with E-state index >= 15 is 0 Å². The first-order chi connectivity index (χ1) is 5.62. The van der Waals surface area contributed by atoms with Crippen LogP contribution >= 0.6 is 11.8 Å². The lowest BCUT2D eigenvalue weighted by Crippen LogP contribution is -2.22. The summed E-state index contributed by atoms with van der Waals surface area (Å²) in [4.78, 5) is 11.0. The minimum absolute atomic E-state index is 0.00259. The normalized spacial score (nSPS) is 28.9. The van der Waals surface area contributed by atoms with Crippen molar-refractivity contribution in [3.63, 3.8) is 0 Å². The highest BCUT2D eigenvalue weighted by Crippen LogP contribution is 2.42. The van der Waals surface area contributed by atoms with Crippen molar-refractivity contribution in [2.24, 2.45) is 0 Å². The van der Waals surface area contributed by atoms with Gasteiger partial charge in [-0.1, -0.05) is 11.8 Å². The van der Waals surface area contributed by atoms with Gasteiger partial charge in [0.1, 0.15) is 5.76 Å². The van der Waals surface area contributed by atoms with Crippen LogP contribution in [0.25, 0.3) is 0 Å². The third kappa shape index (κ3) is 1.64. The molecule has 0 aromatic carbocycles. The average molecular weight is 188 g/mol. The molecule has 0 saturated carbocycles. The lowest BCUT2D eigenvalue weighted by atomic mass is 10.1. The maximum atomic E-state index is 11.0. The first kappa shape index (κ1) is 9.61. The zero-order valence-electron chi connectivity index (χ0n) is 7.16. The molecule has 1 unspecified atom stereocenters. The van der Waals surface area contributed by atoms with E-state index < -0.39 is 0 Å². The van der Waals surface area contributed by atoms with Crippen LogP contribution in [0.1, 0.15) is 13.3 Å². The molecule has 1 rings (SSSR count). The first-order valence-electron chi connectivity index (χ1n) is 3.72. The number of aliphatic hydroxyl groups is 1. The fourth-order valence-corrected chi connectivity index (χ4v) is 2.27. The van der Waals surface area contributed by atoms with Crippen molar-refractivity contribution < 1.29 is 14.6 Å². The fourth-order valence-electron chi connectivity index (χ4n) is 1.22. The molecule has 1 heterocycles. The topological polar surface area (TPSA) is 46.5 Å². The molecule has 0 radical (unpaired) electrons. The van der Waals surface area contributed by atoms with Crippen molar-refractivity contribution in [3.8, 4) is 0 Å². The van der Waals surface area contributed by atoms with Crippen LogP contribution in [0.5, 0.6) is 0 Å². The van der Waals surface area contributed by atoms with Crippen molar-refractivity contribution in [2.45, 2.75) is 18.1 Å². The van der Waals surface area contributed by atoms with Crippen molar-refractivity contribution in [2.75, 3.05) is 13.7 Å². The Morgan fingerprint density at radius 2 is 2.42 bits per heavy atom. The quantitative estimate of drug-likeness (QED) is 0.715. The predicted octanol–water partition coefficient (Wildman–Crippen LogP) is 0.931. The summed E-state index contributed by atoms with van der Waals surface area (Å²) in [7, 11) is 1.54. The Morgan fingerprint density at radius 3 is 2.92 bits per heavy atom. The molecular weight excluding hydrogens is 176 g/mol. The summed E-state index contributed by atoms with van der Waals surface area (Å²) in [6, 6.07) is 0. The van der Waals surface area contributed by atoms with Crippen molar-refractivity contribution in [3.05, 3.63) is 11.8 Å². The van der Waals surface area contributed by atoms with Crippen LogP contribution < -0.4 is 0 Å². The van der Waals surface area contributed by atoms with Gasteiger partial charge < -0.3 is 9.84 Å². The Hall–Kier alpha value is -0.480. The summed E-state index contributed by atoms with van der Waals surface area (Å²) in [6.45, 7) is 1.96. The molecule has 1 N–H and O–H groups in total. The summed E-state index contributed by atoms with van der Waals surface area (Å²) >= 11 is 1.21. The van der Waals surface area contributed by atoms with E-state index in [-0.39, 0.29) is 16.5 Å². The van der Waals surface area contributed by atoms with Gasteiger partial charge in [0.15, 0.2) is 0 Å². The van der Waals surface area contributed by atoms with E-state index in [1.54, 1.807) is 7.11 Å². The zero-order chi connectivity index (χ0) is 9.19. The first-order valence-corrected chi connectivity index (χ1v) is 4.54. The van der Waals surface area contributed by atoms with Crippen molar-refractivity contribution in [1.82, 2.24) is 0 Å². The SMILES string of the molecule is COC1=CC(=O)SC1(C)CCO. The molecule has 1 aliphatic rings. The van der Waals surface area contributed by atoms with E-state index in [2.05, 4.69) is 0 Å². The second kappa shape index (κ2) is 3.49. The van der Waals surface area contributed by atoms with E-state index in [4.69, 9.17) is 9.84 Å². The van der Waals surface area contributed by atoms with Gasteiger partial charge in [0, 0.05) is 12.7 Å². The Balaban J connectivity index is 2.79. The highest BCUT2D eigenvalue weighted by Gasteiger charge is 2.38. The maximum absolute atomic E-state index is 11.0. The molecule has 0 aliphatic carbocycles. The average Bonchev–Trinajstić information content (AvgIpc) is 2.26.